The van der Waals surface area contributed by atoms with Crippen LogP contribution in [0.3, 0.4) is 0 Å². The zero-order valence-electron chi connectivity index (χ0n) is 10.2. The van der Waals surface area contributed by atoms with Gasteiger partial charge in [0.05, 0.1) is 6.61 Å². The number of aliphatic hydroxyl groups is 1. The molecule has 0 spiro atoms. The van der Waals surface area contributed by atoms with Gasteiger partial charge in [-0.1, -0.05) is 35.8 Å². The molecule has 0 aliphatic heterocycles. The third kappa shape index (κ3) is 3.27. The van der Waals surface area contributed by atoms with Crippen LogP contribution in [0.2, 0.25) is 0 Å². The van der Waals surface area contributed by atoms with Gasteiger partial charge in [0.1, 0.15) is 5.82 Å². The molecule has 17 heavy (non-hydrogen) atoms. The Labute approximate surface area is 110 Å². The standard InChI is InChI=1S/C13H19BrFNO/c1-9(2)13(7-16,8-17)6-10-3-4-11(14)5-12(10)15/h3-5,9,17H,6-8,16H2,1-2H3. The van der Waals surface area contributed by atoms with E-state index in [0.717, 1.165) is 0 Å². The number of hydrogen-bond donors (Lipinski definition) is 2. The lowest BCUT2D eigenvalue weighted by Gasteiger charge is -2.35. The van der Waals surface area contributed by atoms with Crippen LogP contribution in [0.4, 0.5) is 4.39 Å². The van der Waals surface area contributed by atoms with Gasteiger partial charge in [-0.3, -0.25) is 0 Å². The van der Waals surface area contributed by atoms with Crippen molar-refractivity contribution in [3.63, 3.8) is 0 Å². The molecular weight excluding hydrogens is 285 g/mol. The van der Waals surface area contributed by atoms with Gasteiger partial charge in [-0.05, 0) is 30.0 Å². The monoisotopic (exact) mass is 303 g/mol. The van der Waals surface area contributed by atoms with Gasteiger partial charge in [-0.25, -0.2) is 4.39 Å². The van der Waals surface area contributed by atoms with Gasteiger partial charge < -0.3 is 10.8 Å². The molecule has 1 rings (SSSR count). The molecule has 2 nitrogen and oxygen atoms in total. The van der Waals surface area contributed by atoms with Crippen molar-refractivity contribution in [2.45, 2.75) is 20.3 Å². The van der Waals surface area contributed by atoms with Crippen LogP contribution in [0, 0.1) is 17.2 Å². The maximum Gasteiger partial charge on any atom is 0.127 e. The summed E-state index contributed by atoms with van der Waals surface area (Å²) in [5, 5.41) is 9.54. The van der Waals surface area contributed by atoms with Crippen LogP contribution in [-0.4, -0.2) is 18.3 Å². The van der Waals surface area contributed by atoms with Crippen LogP contribution < -0.4 is 5.73 Å². The minimum Gasteiger partial charge on any atom is -0.396 e. The topological polar surface area (TPSA) is 46.2 Å². The predicted octanol–water partition coefficient (Wildman–Crippen LogP) is 2.72. The van der Waals surface area contributed by atoms with Gasteiger partial charge >= 0.3 is 0 Å². The van der Waals surface area contributed by atoms with E-state index >= 15 is 0 Å². The number of halogens is 2. The summed E-state index contributed by atoms with van der Waals surface area (Å²) >= 11 is 3.22. The second kappa shape index (κ2) is 5.94. The second-order valence-corrected chi connectivity index (χ2v) is 5.71. The molecule has 0 saturated carbocycles. The average Bonchev–Trinajstić information content (AvgIpc) is 2.28. The van der Waals surface area contributed by atoms with E-state index in [4.69, 9.17) is 5.73 Å². The lowest BCUT2D eigenvalue weighted by Crippen LogP contribution is -2.41. The fourth-order valence-electron chi connectivity index (χ4n) is 1.86. The molecule has 0 bridgehead atoms. The van der Waals surface area contributed by atoms with E-state index in [9.17, 15) is 9.50 Å². The maximum atomic E-state index is 13.8. The Balaban J connectivity index is 3.01. The zero-order chi connectivity index (χ0) is 13.1. The van der Waals surface area contributed by atoms with Crippen molar-refractivity contribution in [3.05, 3.63) is 34.1 Å². The summed E-state index contributed by atoms with van der Waals surface area (Å²) in [4.78, 5) is 0. The molecule has 1 aromatic carbocycles. The number of nitrogens with two attached hydrogens (primary N) is 1. The van der Waals surface area contributed by atoms with Gasteiger partial charge in [-0.2, -0.15) is 0 Å². The van der Waals surface area contributed by atoms with Crippen LogP contribution in [-0.2, 0) is 6.42 Å². The van der Waals surface area contributed by atoms with Crippen LogP contribution in [0.15, 0.2) is 22.7 Å². The summed E-state index contributed by atoms with van der Waals surface area (Å²) < 4.78 is 14.5. The lowest BCUT2D eigenvalue weighted by atomic mass is 9.73. The van der Waals surface area contributed by atoms with Crippen molar-refractivity contribution in [1.29, 1.82) is 0 Å². The van der Waals surface area contributed by atoms with Crippen molar-refractivity contribution in [2.24, 2.45) is 17.1 Å². The van der Waals surface area contributed by atoms with E-state index in [0.29, 0.717) is 23.0 Å². The fourth-order valence-corrected chi connectivity index (χ4v) is 2.19. The minimum absolute atomic E-state index is 0.0311. The minimum atomic E-state index is -0.450. The Morgan fingerprint density at radius 2 is 2.12 bits per heavy atom. The smallest absolute Gasteiger partial charge is 0.127 e. The molecule has 96 valence electrons. The summed E-state index contributed by atoms with van der Waals surface area (Å²) in [6.07, 6.45) is 0.455. The number of benzene rings is 1. The Bertz CT molecular complexity index is 378. The average molecular weight is 304 g/mol. The highest BCUT2D eigenvalue weighted by molar-refractivity contribution is 9.10. The summed E-state index contributed by atoms with van der Waals surface area (Å²) in [6.45, 7) is 4.31. The summed E-state index contributed by atoms with van der Waals surface area (Å²) in [5.41, 5.74) is 5.90. The largest absolute Gasteiger partial charge is 0.396 e. The van der Waals surface area contributed by atoms with Crippen molar-refractivity contribution in [1.82, 2.24) is 0 Å². The first-order valence-electron chi connectivity index (χ1n) is 5.70. The number of rotatable bonds is 5. The van der Waals surface area contributed by atoms with E-state index in [2.05, 4.69) is 15.9 Å². The third-order valence-electron chi connectivity index (χ3n) is 3.50. The van der Waals surface area contributed by atoms with E-state index in [1.807, 2.05) is 13.8 Å². The predicted molar refractivity (Wildman–Crippen MR) is 71.2 cm³/mol. The first-order valence-corrected chi connectivity index (χ1v) is 6.49. The van der Waals surface area contributed by atoms with Crippen molar-refractivity contribution >= 4 is 15.9 Å². The first kappa shape index (κ1) is 14.6. The molecule has 0 radical (unpaired) electrons. The van der Waals surface area contributed by atoms with E-state index in [1.165, 1.54) is 6.07 Å². The quantitative estimate of drug-likeness (QED) is 0.878. The molecule has 1 unspecified atom stereocenters. The second-order valence-electron chi connectivity index (χ2n) is 4.79. The lowest BCUT2D eigenvalue weighted by molar-refractivity contribution is 0.0834. The summed E-state index contributed by atoms with van der Waals surface area (Å²) in [7, 11) is 0. The Hall–Kier alpha value is -0.450. The molecule has 3 N–H and O–H groups in total. The highest BCUT2D eigenvalue weighted by Gasteiger charge is 2.32. The highest BCUT2D eigenvalue weighted by atomic mass is 79.9. The molecule has 0 aliphatic carbocycles. The molecule has 1 atom stereocenters. The molecular formula is C13H19BrFNO. The molecule has 0 saturated heterocycles. The molecule has 0 fully saturated rings. The van der Waals surface area contributed by atoms with Crippen molar-refractivity contribution in [3.8, 4) is 0 Å². The van der Waals surface area contributed by atoms with Gasteiger partial charge in [0.15, 0.2) is 0 Å². The van der Waals surface area contributed by atoms with E-state index in [1.54, 1.807) is 12.1 Å². The highest BCUT2D eigenvalue weighted by Crippen LogP contribution is 2.31. The van der Waals surface area contributed by atoms with E-state index in [-0.39, 0.29) is 18.3 Å². The van der Waals surface area contributed by atoms with Gasteiger partial charge in [0, 0.05) is 16.4 Å². The number of hydrogen-bond acceptors (Lipinski definition) is 2. The summed E-state index contributed by atoms with van der Waals surface area (Å²) in [6, 6.07) is 4.98. The third-order valence-corrected chi connectivity index (χ3v) is 4.00. The molecule has 0 aromatic heterocycles. The SMILES string of the molecule is CC(C)C(CN)(CO)Cc1ccc(Br)cc1F. The van der Waals surface area contributed by atoms with Crippen molar-refractivity contribution in [2.75, 3.05) is 13.2 Å². The number of aliphatic hydroxyl groups excluding tert-OH is 1. The first-order chi connectivity index (χ1) is 7.95. The van der Waals surface area contributed by atoms with Gasteiger partial charge in [-0.15, -0.1) is 0 Å². The van der Waals surface area contributed by atoms with Gasteiger partial charge in [0.2, 0.25) is 0 Å². The van der Waals surface area contributed by atoms with Crippen LogP contribution in [0.5, 0.6) is 0 Å². The van der Waals surface area contributed by atoms with E-state index < -0.39 is 5.41 Å². The van der Waals surface area contributed by atoms with Crippen LogP contribution >= 0.6 is 15.9 Å². The maximum absolute atomic E-state index is 13.8. The molecule has 0 aliphatic rings. The van der Waals surface area contributed by atoms with Crippen LogP contribution in [0.25, 0.3) is 0 Å². The Morgan fingerprint density at radius 1 is 1.47 bits per heavy atom. The zero-order valence-corrected chi connectivity index (χ0v) is 11.8. The molecule has 0 heterocycles. The Morgan fingerprint density at radius 3 is 2.53 bits per heavy atom. The summed E-state index contributed by atoms with van der Waals surface area (Å²) in [5.74, 6) is -0.0631. The molecule has 1 aromatic rings. The van der Waals surface area contributed by atoms with Gasteiger partial charge in [0.25, 0.3) is 0 Å². The van der Waals surface area contributed by atoms with Crippen LogP contribution in [0.1, 0.15) is 19.4 Å². The Kier molecular flexibility index (Phi) is 5.10. The van der Waals surface area contributed by atoms with Crippen molar-refractivity contribution < 1.29 is 9.50 Å². The molecule has 4 heteroatoms. The molecule has 0 amide bonds. The fraction of sp³-hybridized carbons (Fsp3) is 0.538. The normalized spacial score (nSPS) is 15.0.